The average molecular weight is 861 g/mol. The van der Waals surface area contributed by atoms with Crippen LogP contribution in [0.15, 0.2) is 97.2 Å². The van der Waals surface area contributed by atoms with E-state index < -0.39 is 6.10 Å². The van der Waals surface area contributed by atoms with Crippen LogP contribution in [-0.4, -0.2) is 37.2 Å². The van der Waals surface area contributed by atoms with Gasteiger partial charge >= 0.3 is 17.9 Å². The topological polar surface area (TPSA) is 78.9 Å². The highest BCUT2D eigenvalue weighted by Crippen LogP contribution is 2.13. The molecule has 0 radical (unpaired) electrons. The van der Waals surface area contributed by atoms with E-state index in [9.17, 15) is 14.4 Å². The van der Waals surface area contributed by atoms with Gasteiger partial charge in [0, 0.05) is 19.3 Å². The lowest BCUT2D eigenvalue weighted by atomic mass is 10.1. The number of ether oxygens (including phenoxy) is 3. The van der Waals surface area contributed by atoms with E-state index in [1.54, 1.807) is 0 Å². The number of carbonyl (C=O) groups is 3. The SMILES string of the molecule is CC\C=C/C=C\C=C/C=C\C=C/CCCCCC(=O)OC(COC(=O)CCCCC/C=C\C=C/CCCC)COC(=O)CCCCCCC/C=C\CCCCCCCCCCC. The quantitative estimate of drug-likeness (QED) is 0.0200. The summed E-state index contributed by atoms with van der Waals surface area (Å²) in [5, 5.41) is 0. The first-order valence-corrected chi connectivity index (χ1v) is 25.3. The van der Waals surface area contributed by atoms with Crippen LogP contribution >= 0.6 is 0 Å². The smallest absolute Gasteiger partial charge is 0.306 e. The number of allylic oxidation sites excluding steroid dienone is 16. The third-order valence-corrected chi connectivity index (χ3v) is 10.4. The third kappa shape index (κ3) is 47.4. The lowest BCUT2D eigenvalue weighted by Gasteiger charge is -2.18. The van der Waals surface area contributed by atoms with Gasteiger partial charge < -0.3 is 14.2 Å². The first-order chi connectivity index (χ1) is 30.5. The lowest BCUT2D eigenvalue weighted by molar-refractivity contribution is -0.167. The molecule has 352 valence electrons. The van der Waals surface area contributed by atoms with E-state index >= 15 is 0 Å². The van der Waals surface area contributed by atoms with Crippen molar-refractivity contribution in [2.75, 3.05) is 13.2 Å². The largest absolute Gasteiger partial charge is 0.462 e. The third-order valence-electron chi connectivity index (χ3n) is 10.4. The Morgan fingerprint density at radius 2 is 0.661 bits per heavy atom. The highest BCUT2D eigenvalue weighted by Gasteiger charge is 2.19. The summed E-state index contributed by atoms with van der Waals surface area (Å²) in [4.78, 5) is 37.9. The van der Waals surface area contributed by atoms with Crippen molar-refractivity contribution in [1.82, 2.24) is 0 Å². The molecule has 6 nitrogen and oxygen atoms in total. The zero-order valence-corrected chi connectivity index (χ0v) is 40.1. The Balaban J connectivity index is 4.47. The first kappa shape index (κ1) is 58.3. The van der Waals surface area contributed by atoms with Gasteiger partial charge in [0.1, 0.15) is 13.2 Å². The second-order valence-electron chi connectivity index (χ2n) is 16.5. The van der Waals surface area contributed by atoms with E-state index in [0.717, 1.165) is 89.9 Å². The maximum Gasteiger partial charge on any atom is 0.306 e. The van der Waals surface area contributed by atoms with E-state index in [1.165, 1.54) is 83.5 Å². The zero-order valence-electron chi connectivity index (χ0n) is 40.1. The minimum atomic E-state index is -0.814. The first-order valence-electron chi connectivity index (χ1n) is 25.3. The molecule has 0 aromatic rings. The summed E-state index contributed by atoms with van der Waals surface area (Å²) in [6.45, 7) is 6.36. The Morgan fingerprint density at radius 1 is 0.339 bits per heavy atom. The zero-order chi connectivity index (χ0) is 45.1. The molecule has 0 aliphatic rings. The molecule has 62 heavy (non-hydrogen) atoms. The number of carbonyl (C=O) groups excluding carboxylic acids is 3. The Morgan fingerprint density at radius 3 is 1.11 bits per heavy atom. The summed E-state index contributed by atoms with van der Waals surface area (Å²) in [6.07, 6.45) is 65.4. The summed E-state index contributed by atoms with van der Waals surface area (Å²) < 4.78 is 16.7. The van der Waals surface area contributed by atoms with E-state index in [-0.39, 0.29) is 37.5 Å². The van der Waals surface area contributed by atoms with Gasteiger partial charge in [0.2, 0.25) is 0 Å². The molecule has 0 aromatic heterocycles. The van der Waals surface area contributed by atoms with Crippen molar-refractivity contribution in [3.05, 3.63) is 97.2 Å². The molecule has 0 heterocycles. The molecule has 0 bridgehead atoms. The van der Waals surface area contributed by atoms with Crippen molar-refractivity contribution in [3.8, 4) is 0 Å². The molecule has 0 aliphatic carbocycles. The average Bonchev–Trinajstić information content (AvgIpc) is 3.27. The minimum absolute atomic E-state index is 0.109. The summed E-state index contributed by atoms with van der Waals surface area (Å²) >= 11 is 0. The number of rotatable bonds is 44. The van der Waals surface area contributed by atoms with Crippen LogP contribution in [-0.2, 0) is 28.6 Å². The van der Waals surface area contributed by atoms with E-state index in [0.29, 0.717) is 19.3 Å². The van der Waals surface area contributed by atoms with Crippen LogP contribution in [0.4, 0.5) is 0 Å². The maximum atomic E-state index is 12.8. The molecule has 0 aliphatic heterocycles. The molecule has 0 saturated heterocycles. The minimum Gasteiger partial charge on any atom is -0.462 e. The molecule has 0 amide bonds. The number of hydrogen-bond acceptors (Lipinski definition) is 6. The lowest BCUT2D eigenvalue weighted by Crippen LogP contribution is -2.30. The predicted molar refractivity (Wildman–Crippen MR) is 265 cm³/mol. The molecule has 1 atom stereocenters. The van der Waals surface area contributed by atoms with Gasteiger partial charge in [0.15, 0.2) is 6.10 Å². The van der Waals surface area contributed by atoms with E-state index in [1.807, 2.05) is 48.6 Å². The molecule has 6 heteroatoms. The highest BCUT2D eigenvalue weighted by molar-refractivity contribution is 5.71. The maximum absolute atomic E-state index is 12.8. The van der Waals surface area contributed by atoms with Crippen molar-refractivity contribution in [3.63, 3.8) is 0 Å². The molecule has 0 fully saturated rings. The van der Waals surface area contributed by atoms with Crippen molar-refractivity contribution in [2.24, 2.45) is 0 Å². The van der Waals surface area contributed by atoms with Crippen LogP contribution in [0.25, 0.3) is 0 Å². The molecule has 0 rings (SSSR count). The van der Waals surface area contributed by atoms with Crippen molar-refractivity contribution >= 4 is 17.9 Å². The Labute approximate surface area is 381 Å². The van der Waals surface area contributed by atoms with Gasteiger partial charge in [-0.05, 0) is 83.5 Å². The number of esters is 3. The van der Waals surface area contributed by atoms with Crippen LogP contribution < -0.4 is 0 Å². The summed E-state index contributed by atoms with van der Waals surface area (Å²) in [5.74, 6) is -0.993. The fraction of sp³-hybridized carbons (Fsp3) is 0.661. The molecule has 0 N–H and O–H groups in total. The Hall–Kier alpha value is -3.67. The number of hydrogen-bond donors (Lipinski definition) is 0. The Bertz CT molecular complexity index is 1260. The van der Waals surface area contributed by atoms with Gasteiger partial charge in [-0.1, -0.05) is 214 Å². The van der Waals surface area contributed by atoms with Crippen LogP contribution in [0.1, 0.15) is 220 Å². The van der Waals surface area contributed by atoms with Crippen LogP contribution in [0.3, 0.4) is 0 Å². The molecular weight excluding hydrogens is 769 g/mol. The van der Waals surface area contributed by atoms with E-state index in [2.05, 4.69) is 69.4 Å². The van der Waals surface area contributed by atoms with Gasteiger partial charge in [0.05, 0.1) is 0 Å². The summed E-state index contributed by atoms with van der Waals surface area (Å²) in [5.41, 5.74) is 0. The van der Waals surface area contributed by atoms with Crippen molar-refractivity contribution < 1.29 is 28.6 Å². The molecule has 0 saturated carbocycles. The second kappa shape index (κ2) is 50.0. The van der Waals surface area contributed by atoms with Gasteiger partial charge in [-0.2, -0.15) is 0 Å². The van der Waals surface area contributed by atoms with Gasteiger partial charge in [-0.25, -0.2) is 0 Å². The van der Waals surface area contributed by atoms with Gasteiger partial charge in [-0.3, -0.25) is 14.4 Å². The monoisotopic (exact) mass is 861 g/mol. The standard InChI is InChI=1S/C56H92O6/c1-4-7-10-13-16-19-22-24-26-27-28-30-31-34-37-40-43-46-49-55(58)61-52-53(51-60-54(57)48-45-42-39-36-33-21-18-15-12-9-6-3)62-56(59)50-47-44-41-38-35-32-29-25-23-20-17-14-11-8-5-2/h8,11,14-15,17-18,20-21,23,25,28-30,32-33,35,53H,4-7,9-10,12-13,16,19,22,24,26-27,31,34,36-52H2,1-3H3/b11-8-,17-14-,18-15-,23-20-,29-25-,30-28-,33-21-,35-32-. The van der Waals surface area contributed by atoms with Crippen molar-refractivity contribution in [2.45, 2.75) is 226 Å². The highest BCUT2D eigenvalue weighted by atomic mass is 16.6. The van der Waals surface area contributed by atoms with Crippen LogP contribution in [0.2, 0.25) is 0 Å². The normalized spacial score (nSPS) is 12.9. The van der Waals surface area contributed by atoms with Crippen LogP contribution in [0, 0.1) is 0 Å². The van der Waals surface area contributed by atoms with Gasteiger partial charge in [0.25, 0.3) is 0 Å². The number of unbranched alkanes of at least 4 members (excludes halogenated alkanes) is 22. The second-order valence-corrected chi connectivity index (χ2v) is 16.5. The fourth-order valence-electron chi connectivity index (χ4n) is 6.61. The molecular formula is C56H92O6. The molecule has 0 aromatic carbocycles. The predicted octanol–water partition coefficient (Wildman–Crippen LogP) is 16.6. The summed E-state index contributed by atoms with van der Waals surface area (Å²) in [7, 11) is 0. The molecule has 0 spiro atoms. The molecule has 1 unspecified atom stereocenters. The Kier molecular flexibility index (Phi) is 47.0. The fourth-order valence-corrected chi connectivity index (χ4v) is 6.61. The summed E-state index contributed by atoms with van der Waals surface area (Å²) in [6, 6.07) is 0. The van der Waals surface area contributed by atoms with Crippen molar-refractivity contribution in [1.29, 1.82) is 0 Å². The van der Waals surface area contributed by atoms with Gasteiger partial charge in [-0.15, -0.1) is 0 Å². The van der Waals surface area contributed by atoms with E-state index in [4.69, 9.17) is 14.2 Å². The van der Waals surface area contributed by atoms with Crippen LogP contribution in [0.5, 0.6) is 0 Å².